The summed E-state index contributed by atoms with van der Waals surface area (Å²) in [5.74, 6) is 2.70. The summed E-state index contributed by atoms with van der Waals surface area (Å²) in [5.41, 5.74) is 5.35. The van der Waals surface area contributed by atoms with Crippen LogP contribution in [0.15, 0.2) is 0 Å². The number of hydrogen-bond acceptors (Lipinski definition) is 3. The molecule has 0 saturated heterocycles. The van der Waals surface area contributed by atoms with Crippen molar-refractivity contribution in [2.75, 3.05) is 5.43 Å². The summed E-state index contributed by atoms with van der Waals surface area (Å²) in [6.07, 6.45) is 0. The number of anilines is 1. The third-order valence-electron chi connectivity index (χ3n) is 3.94. The maximum atomic E-state index is 5.19. The number of nitrogens with one attached hydrogen (secondary N) is 1. The fourth-order valence-corrected chi connectivity index (χ4v) is 521. The predicted molar refractivity (Wildman–Crippen MR) is 277 cm³/mol. The Morgan fingerprint density at radius 3 is 1.88 bits per heavy atom. The van der Waals surface area contributed by atoms with Gasteiger partial charge in [0.2, 0.25) is 0 Å². The van der Waals surface area contributed by atoms with Gasteiger partial charge in [-0.05, 0) is 0 Å². The fourth-order valence-electron chi connectivity index (χ4n) is 2.95. The van der Waals surface area contributed by atoms with Crippen LogP contribution in [-0.4, -0.2) is 22.2 Å². The first-order valence-electron chi connectivity index (χ1n) is 7.48. The van der Waals surface area contributed by atoms with Crippen molar-refractivity contribution in [2.24, 2.45) is 0 Å². The second-order valence-corrected chi connectivity index (χ2v) is 236. The van der Waals surface area contributed by atoms with Crippen LogP contribution in [0.1, 0.15) is 25.4 Å². The predicted octanol–water partition coefficient (Wildman–Crippen LogP) is 9.19. The standard InChI is InChI=1S/C10H14I18N4/c1-5(2)32-9(23(13)14,24(15)21-11)10(25(16)27(18)19,26(17)28(20)22-12)31-7(4)29-6(3)8(31)30-32/h5,30H,1-4H3/q-2. The van der Waals surface area contributed by atoms with E-state index >= 15 is 0 Å². The molecule has 1 N–H and O–H groups in total. The SMILES string of the molecule is Cc1nc(C)n2c1NN(C(C)C)C(I(I)I)(I(I)[I-]I)C2(I(I)I(I)I)I(I)I(I)[I-]I. The van der Waals surface area contributed by atoms with Crippen LogP contribution >= 0.6 is 249 Å². The Labute approximate surface area is 336 Å². The Bertz CT molecular complexity index is 790. The first-order chi connectivity index (χ1) is 14.8. The van der Waals surface area contributed by atoms with Crippen molar-refractivity contribution in [2.45, 2.75) is 36.8 Å². The van der Waals surface area contributed by atoms with Gasteiger partial charge in [0.1, 0.15) is 0 Å². The van der Waals surface area contributed by atoms with Gasteiger partial charge in [0.15, 0.2) is 0 Å². The Hall–Kier alpha value is 12.1. The molecule has 0 amide bonds. The Kier molecular flexibility index (Phi) is 23.4. The van der Waals surface area contributed by atoms with Crippen LogP contribution < -0.4 is 31.9 Å². The van der Waals surface area contributed by atoms with Crippen LogP contribution in [0.3, 0.4) is 0 Å². The number of hydrazine groups is 1. The van der Waals surface area contributed by atoms with Crippen molar-refractivity contribution < 1.29 is 26.5 Å². The van der Waals surface area contributed by atoms with Gasteiger partial charge >= 0.3 is 350 Å². The monoisotopic (exact) mass is 2470 g/mol. The van der Waals surface area contributed by atoms with E-state index in [1.165, 1.54) is 17.3 Å². The zero-order chi connectivity index (χ0) is 24.8. The van der Waals surface area contributed by atoms with Crippen LogP contribution in [-0.2, 0) is 1.55 Å². The minimum absolute atomic E-state index is 0.241. The van der Waals surface area contributed by atoms with Gasteiger partial charge in [0, 0.05) is 0 Å². The van der Waals surface area contributed by atoms with Crippen LogP contribution in [0.25, 0.3) is 0 Å². The molecule has 0 spiro atoms. The zero-order valence-electron chi connectivity index (χ0n) is 15.7. The van der Waals surface area contributed by atoms with Gasteiger partial charge in [-0.25, -0.2) is 0 Å². The van der Waals surface area contributed by atoms with Crippen molar-refractivity contribution in [3.05, 3.63) is 11.5 Å². The molecular weight excluding hydrogens is 2460 g/mol. The average Bonchev–Trinajstić information content (AvgIpc) is 3.02. The number of nitrogens with zero attached hydrogens (tertiary/aromatic N) is 3. The van der Waals surface area contributed by atoms with E-state index in [9.17, 15) is 0 Å². The average molecular weight is 2470 g/mol. The summed E-state index contributed by atoms with van der Waals surface area (Å²) < 4.78 is 3.90. The van der Waals surface area contributed by atoms with Crippen molar-refractivity contribution in [3.63, 3.8) is 0 Å². The van der Waals surface area contributed by atoms with Gasteiger partial charge < -0.3 is 0 Å². The molecule has 0 aromatic carbocycles. The Balaban J connectivity index is 3.23. The number of fused-ring (bicyclic) bond motifs is 1. The van der Waals surface area contributed by atoms with Crippen molar-refractivity contribution in [3.8, 4) is 0 Å². The third kappa shape index (κ3) is 8.21. The first kappa shape index (κ1) is 40.3. The summed E-state index contributed by atoms with van der Waals surface area (Å²) in [4.78, 5) is 5.19. The molecule has 0 aliphatic carbocycles. The first-order valence-corrected chi connectivity index (χ1v) is 99.8. The zero-order valence-corrected chi connectivity index (χ0v) is 54.6. The normalized spacial score (nSPS) is 26.6. The molecule has 2 rings (SSSR count). The molecule has 2 unspecified atom stereocenters. The molecule has 0 saturated carbocycles. The van der Waals surface area contributed by atoms with Gasteiger partial charge in [-0.3, -0.25) is 0 Å². The summed E-state index contributed by atoms with van der Waals surface area (Å²) in [6.45, 7) is 9.53. The molecule has 32 heavy (non-hydrogen) atoms. The summed E-state index contributed by atoms with van der Waals surface area (Å²) in [6, 6.07) is 0.529. The number of aromatic nitrogens is 2. The van der Waals surface area contributed by atoms with Crippen LogP contribution in [0.2, 0.25) is 0 Å². The van der Waals surface area contributed by atoms with Crippen LogP contribution in [0.5, 0.6) is 0 Å². The van der Waals surface area contributed by atoms with E-state index in [2.05, 4.69) is 229 Å². The molecule has 1 aromatic rings. The Morgan fingerprint density at radius 2 is 1.47 bits per heavy atom. The number of alkyl halides is 4. The molecule has 0 fully saturated rings. The third-order valence-corrected chi connectivity index (χ3v) is 432. The number of imidazole rings is 1. The molecule has 22 heteroatoms. The molecule has 4 nitrogen and oxygen atoms in total. The topological polar surface area (TPSA) is 33.1 Å². The Morgan fingerprint density at radius 1 is 0.906 bits per heavy atom. The quantitative estimate of drug-likeness (QED) is 0.152. The minimum atomic E-state index is -1.34. The number of hydrogen-bond donors (Lipinski definition) is 1. The molecule has 1 aliphatic rings. The molecule has 2 atom stereocenters. The van der Waals surface area contributed by atoms with E-state index in [0.29, 0.717) is 22.4 Å². The molecule has 1 aliphatic heterocycles. The van der Waals surface area contributed by atoms with Crippen LogP contribution in [0.4, 0.5) is 5.82 Å². The number of aryl methyl sites for hydroxylation is 2. The van der Waals surface area contributed by atoms with Gasteiger partial charge in [-0.1, -0.05) is 0 Å². The maximum absolute atomic E-state index is 5.19. The molecule has 0 radical (unpaired) electrons. The van der Waals surface area contributed by atoms with Gasteiger partial charge in [-0.15, -0.1) is 0 Å². The summed E-state index contributed by atoms with van der Waals surface area (Å²) in [5, 5.41) is 2.93. The fraction of sp³-hybridized carbons (Fsp3) is 0.700. The second-order valence-electron chi connectivity index (χ2n) is 5.81. The van der Waals surface area contributed by atoms with E-state index in [-0.39, 0.29) is 13.3 Å². The molecule has 1 aromatic heterocycles. The van der Waals surface area contributed by atoms with Gasteiger partial charge in [-0.2, -0.15) is 0 Å². The van der Waals surface area contributed by atoms with E-state index < -0.39 is 63.3 Å². The van der Waals surface area contributed by atoms with E-state index in [1.54, 1.807) is 0 Å². The molecule has 2 heterocycles. The van der Waals surface area contributed by atoms with E-state index in [4.69, 9.17) is 4.98 Å². The molecule has 0 bridgehead atoms. The second kappa shape index (κ2) is 18.6. The number of rotatable bonds is 9. The summed E-state index contributed by atoms with van der Waals surface area (Å²) in [7, 11) is -1.94. The summed E-state index contributed by atoms with van der Waals surface area (Å²) >= 11 is 25.7. The van der Waals surface area contributed by atoms with E-state index in [1.807, 2.05) is 0 Å². The van der Waals surface area contributed by atoms with Gasteiger partial charge in [0.05, 0.1) is 0 Å². The molecule has 202 valence electrons. The van der Waals surface area contributed by atoms with Crippen molar-refractivity contribution in [1.82, 2.24) is 14.6 Å². The van der Waals surface area contributed by atoms with Crippen molar-refractivity contribution in [1.29, 1.82) is 0 Å². The van der Waals surface area contributed by atoms with Gasteiger partial charge in [0.25, 0.3) is 0 Å². The number of halogens is 18. The molecular formula is C10H14I18N4-2. The van der Waals surface area contributed by atoms with Crippen LogP contribution in [0, 0.1) is 13.8 Å². The van der Waals surface area contributed by atoms with E-state index in [0.717, 1.165) is 0 Å². The van der Waals surface area contributed by atoms with Crippen molar-refractivity contribution >= 4 is 255 Å².